The van der Waals surface area contributed by atoms with Crippen LogP contribution < -0.4 is 4.72 Å². The molecule has 0 spiro atoms. The molecule has 1 aromatic rings. The van der Waals surface area contributed by atoms with E-state index in [1.54, 1.807) is 0 Å². The van der Waals surface area contributed by atoms with E-state index in [1.165, 1.54) is 18.2 Å². The van der Waals surface area contributed by atoms with Crippen LogP contribution in [0, 0.1) is 0 Å². The Bertz CT molecular complexity index is 511. The zero-order valence-electron chi connectivity index (χ0n) is 10.0. The van der Waals surface area contributed by atoms with Crippen molar-refractivity contribution in [1.29, 1.82) is 0 Å². The van der Waals surface area contributed by atoms with Gasteiger partial charge in [-0.1, -0.05) is 39.1 Å². The molecular formula is C11H14BrCl2NO3S. The molecular weight excluding hydrogens is 377 g/mol. The minimum atomic E-state index is -3.64. The highest BCUT2D eigenvalue weighted by atomic mass is 79.9. The molecule has 1 N–H and O–H groups in total. The summed E-state index contributed by atoms with van der Waals surface area (Å²) in [4.78, 5) is -0.0111. The summed E-state index contributed by atoms with van der Waals surface area (Å²) in [5.41, 5.74) is 0. The molecule has 0 aliphatic rings. The molecule has 0 aliphatic carbocycles. The van der Waals surface area contributed by atoms with Crippen LogP contribution in [0.2, 0.25) is 10.0 Å². The number of hydrogen-bond acceptors (Lipinski definition) is 3. The average molecular weight is 391 g/mol. The number of hydrogen-bond donors (Lipinski definition) is 1. The van der Waals surface area contributed by atoms with Gasteiger partial charge in [-0.05, 0) is 24.6 Å². The predicted octanol–water partition coefficient (Wildman–Crippen LogP) is 3.07. The standard InChI is InChI=1S/C11H14BrCl2NO3S/c12-4-7-18-6-1-5-15-19(16,17)11-8-9(13)2-3-10(11)14/h2-3,8,15H,1,4-7H2. The van der Waals surface area contributed by atoms with Crippen molar-refractivity contribution in [3.8, 4) is 0 Å². The first-order chi connectivity index (χ1) is 8.97. The van der Waals surface area contributed by atoms with Crippen molar-refractivity contribution in [2.24, 2.45) is 0 Å². The summed E-state index contributed by atoms with van der Waals surface area (Å²) >= 11 is 14.9. The topological polar surface area (TPSA) is 55.4 Å². The molecule has 19 heavy (non-hydrogen) atoms. The molecule has 8 heteroatoms. The molecule has 4 nitrogen and oxygen atoms in total. The van der Waals surface area contributed by atoms with Gasteiger partial charge < -0.3 is 4.74 Å². The van der Waals surface area contributed by atoms with Crippen molar-refractivity contribution < 1.29 is 13.2 Å². The number of nitrogens with one attached hydrogen (secondary N) is 1. The van der Waals surface area contributed by atoms with Gasteiger partial charge in [0.15, 0.2) is 0 Å². The molecule has 0 saturated heterocycles. The fourth-order valence-electron chi connectivity index (χ4n) is 1.30. The zero-order valence-corrected chi connectivity index (χ0v) is 13.9. The first-order valence-electron chi connectivity index (χ1n) is 5.56. The first-order valence-corrected chi connectivity index (χ1v) is 8.92. The highest BCUT2D eigenvalue weighted by Gasteiger charge is 2.17. The van der Waals surface area contributed by atoms with Gasteiger partial charge in [0.1, 0.15) is 4.90 Å². The molecule has 0 amide bonds. The van der Waals surface area contributed by atoms with Gasteiger partial charge in [-0.15, -0.1) is 0 Å². The number of rotatable bonds is 8. The average Bonchev–Trinajstić information content (AvgIpc) is 2.36. The Labute approximate surface area is 131 Å². The Morgan fingerprint density at radius 2 is 2.00 bits per heavy atom. The van der Waals surface area contributed by atoms with Crippen LogP contribution in [-0.2, 0) is 14.8 Å². The third-order valence-electron chi connectivity index (χ3n) is 2.16. The van der Waals surface area contributed by atoms with E-state index in [0.29, 0.717) is 24.7 Å². The quantitative estimate of drug-likeness (QED) is 0.548. The second kappa shape index (κ2) is 8.44. The molecule has 0 saturated carbocycles. The summed E-state index contributed by atoms with van der Waals surface area (Å²) in [7, 11) is -3.64. The smallest absolute Gasteiger partial charge is 0.242 e. The van der Waals surface area contributed by atoms with Gasteiger partial charge in [-0.25, -0.2) is 13.1 Å². The van der Waals surface area contributed by atoms with Gasteiger partial charge in [0.25, 0.3) is 0 Å². The lowest BCUT2D eigenvalue weighted by Gasteiger charge is -2.08. The van der Waals surface area contributed by atoms with Crippen LogP contribution in [-0.4, -0.2) is 33.5 Å². The minimum Gasteiger partial charge on any atom is -0.381 e. The lowest BCUT2D eigenvalue weighted by atomic mass is 10.4. The number of halogens is 3. The minimum absolute atomic E-state index is 0.0111. The van der Waals surface area contributed by atoms with Crippen LogP contribution in [0.4, 0.5) is 0 Å². The molecule has 0 radical (unpaired) electrons. The molecule has 1 rings (SSSR count). The molecule has 1 aromatic carbocycles. The summed E-state index contributed by atoms with van der Waals surface area (Å²) in [6, 6.07) is 4.32. The summed E-state index contributed by atoms with van der Waals surface area (Å²) in [6.45, 7) is 1.39. The molecule has 0 fully saturated rings. The van der Waals surface area contributed by atoms with E-state index in [-0.39, 0.29) is 16.5 Å². The van der Waals surface area contributed by atoms with Gasteiger partial charge in [-0.2, -0.15) is 0 Å². The molecule has 108 valence electrons. The number of benzene rings is 1. The van der Waals surface area contributed by atoms with Crippen molar-refractivity contribution in [1.82, 2.24) is 4.72 Å². The Hall–Kier alpha value is 0.150. The zero-order chi connectivity index (χ0) is 14.3. The Kier molecular flexibility index (Phi) is 7.64. The first kappa shape index (κ1) is 17.2. The molecule has 0 unspecified atom stereocenters. The molecule has 0 heterocycles. The van der Waals surface area contributed by atoms with Gasteiger partial charge in [0.2, 0.25) is 10.0 Å². The van der Waals surface area contributed by atoms with E-state index in [9.17, 15) is 8.42 Å². The lowest BCUT2D eigenvalue weighted by Crippen LogP contribution is -2.26. The molecule has 0 aromatic heterocycles. The van der Waals surface area contributed by atoms with Gasteiger partial charge >= 0.3 is 0 Å². The largest absolute Gasteiger partial charge is 0.381 e. The third-order valence-corrected chi connectivity index (χ3v) is 4.66. The van der Waals surface area contributed by atoms with E-state index in [1.807, 2.05) is 0 Å². The van der Waals surface area contributed by atoms with Crippen molar-refractivity contribution >= 4 is 49.2 Å². The summed E-state index contributed by atoms with van der Waals surface area (Å²) in [5, 5.41) is 1.23. The van der Waals surface area contributed by atoms with Crippen LogP contribution in [0.1, 0.15) is 6.42 Å². The summed E-state index contributed by atoms with van der Waals surface area (Å²) in [5.74, 6) is 0. The van der Waals surface area contributed by atoms with E-state index < -0.39 is 10.0 Å². The van der Waals surface area contributed by atoms with E-state index >= 15 is 0 Å². The Balaban J connectivity index is 2.54. The monoisotopic (exact) mass is 389 g/mol. The highest BCUT2D eigenvalue weighted by Crippen LogP contribution is 2.24. The van der Waals surface area contributed by atoms with E-state index in [4.69, 9.17) is 27.9 Å². The van der Waals surface area contributed by atoms with Crippen molar-refractivity contribution in [3.63, 3.8) is 0 Å². The highest BCUT2D eigenvalue weighted by molar-refractivity contribution is 9.09. The van der Waals surface area contributed by atoms with E-state index in [2.05, 4.69) is 20.7 Å². The second-order valence-electron chi connectivity index (χ2n) is 3.63. The third kappa shape index (κ3) is 5.97. The van der Waals surface area contributed by atoms with Crippen LogP contribution in [0.3, 0.4) is 0 Å². The van der Waals surface area contributed by atoms with Gasteiger partial charge in [-0.3, -0.25) is 0 Å². The van der Waals surface area contributed by atoms with Crippen LogP contribution in [0.25, 0.3) is 0 Å². The van der Waals surface area contributed by atoms with Gasteiger partial charge in [0, 0.05) is 23.5 Å². The predicted molar refractivity (Wildman–Crippen MR) is 80.9 cm³/mol. The Morgan fingerprint density at radius 3 is 2.68 bits per heavy atom. The maximum atomic E-state index is 12.0. The lowest BCUT2D eigenvalue weighted by molar-refractivity contribution is 0.149. The van der Waals surface area contributed by atoms with Crippen molar-refractivity contribution in [2.75, 3.05) is 25.1 Å². The number of sulfonamides is 1. The van der Waals surface area contributed by atoms with Crippen LogP contribution in [0.15, 0.2) is 23.1 Å². The van der Waals surface area contributed by atoms with Crippen LogP contribution in [0.5, 0.6) is 0 Å². The maximum absolute atomic E-state index is 12.0. The van der Waals surface area contributed by atoms with E-state index in [0.717, 1.165) is 5.33 Å². The second-order valence-corrected chi connectivity index (χ2v) is 7.00. The molecule has 0 aliphatic heterocycles. The normalized spacial score (nSPS) is 11.7. The SMILES string of the molecule is O=S(=O)(NCCCOCCBr)c1cc(Cl)ccc1Cl. The number of ether oxygens (including phenoxy) is 1. The molecule has 0 bridgehead atoms. The summed E-state index contributed by atoms with van der Waals surface area (Å²) in [6.07, 6.45) is 0.588. The van der Waals surface area contributed by atoms with Crippen LogP contribution >= 0.6 is 39.1 Å². The fourth-order valence-corrected chi connectivity index (χ4v) is 3.36. The Morgan fingerprint density at radius 1 is 1.26 bits per heavy atom. The number of alkyl halides is 1. The summed E-state index contributed by atoms with van der Waals surface area (Å²) < 4.78 is 31.7. The van der Waals surface area contributed by atoms with Gasteiger partial charge in [0.05, 0.1) is 11.6 Å². The maximum Gasteiger partial charge on any atom is 0.242 e. The molecule has 0 atom stereocenters. The van der Waals surface area contributed by atoms with Crippen molar-refractivity contribution in [3.05, 3.63) is 28.2 Å². The van der Waals surface area contributed by atoms with Crippen molar-refractivity contribution in [2.45, 2.75) is 11.3 Å². The fraction of sp³-hybridized carbons (Fsp3) is 0.455.